The van der Waals surface area contributed by atoms with Gasteiger partial charge in [-0.3, -0.25) is 0 Å². The lowest BCUT2D eigenvalue weighted by molar-refractivity contribution is 0.149. The van der Waals surface area contributed by atoms with Crippen LogP contribution in [0.3, 0.4) is 0 Å². The molecule has 0 spiro atoms. The fraction of sp³-hybridized carbons (Fsp3) is 0.286. The highest BCUT2D eigenvalue weighted by atomic mass is 79.9. The number of nitrogens with zero attached hydrogens (tertiary/aromatic N) is 1. The number of rotatable bonds is 1. The standard InChI is InChI=1S/C7H6BrF2NO/c1-3-4(7(9)10)2-5(12)6(8)11-3/h2,7,12H,1H3. The molecule has 66 valence electrons. The zero-order chi connectivity index (χ0) is 9.30. The fourth-order valence-corrected chi connectivity index (χ4v) is 1.18. The minimum absolute atomic E-state index is 0.185. The van der Waals surface area contributed by atoms with E-state index in [1.165, 1.54) is 6.92 Å². The molecule has 1 N–H and O–H groups in total. The van der Waals surface area contributed by atoms with Gasteiger partial charge in [0.2, 0.25) is 0 Å². The van der Waals surface area contributed by atoms with Crippen molar-refractivity contribution in [3.63, 3.8) is 0 Å². The SMILES string of the molecule is Cc1nc(Br)c(O)cc1C(F)F. The maximum atomic E-state index is 12.2. The molecule has 1 heterocycles. The van der Waals surface area contributed by atoms with Gasteiger partial charge in [0, 0.05) is 11.3 Å². The quantitative estimate of drug-likeness (QED) is 0.763. The van der Waals surface area contributed by atoms with E-state index in [2.05, 4.69) is 20.9 Å². The van der Waals surface area contributed by atoms with Gasteiger partial charge in [-0.05, 0) is 28.9 Å². The van der Waals surface area contributed by atoms with E-state index in [1.54, 1.807) is 0 Å². The summed E-state index contributed by atoms with van der Waals surface area (Å²) in [6, 6.07) is 1.01. The molecule has 0 fully saturated rings. The van der Waals surface area contributed by atoms with E-state index in [0.29, 0.717) is 0 Å². The van der Waals surface area contributed by atoms with E-state index < -0.39 is 6.43 Å². The van der Waals surface area contributed by atoms with Crippen LogP contribution >= 0.6 is 15.9 Å². The third-order valence-corrected chi connectivity index (χ3v) is 2.01. The minimum Gasteiger partial charge on any atom is -0.505 e. The molecule has 0 atom stereocenters. The van der Waals surface area contributed by atoms with Crippen LogP contribution in [0, 0.1) is 6.92 Å². The summed E-state index contributed by atoms with van der Waals surface area (Å²) in [6.07, 6.45) is -2.60. The topological polar surface area (TPSA) is 33.1 Å². The first-order chi connectivity index (χ1) is 5.52. The maximum Gasteiger partial charge on any atom is 0.265 e. The van der Waals surface area contributed by atoms with Gasteiger partial charge in [0.05, 0.1) is 0 Å². The molecule has 1 aromatic rings. The number of aryl methyl sites for hydroxylation is 1. The summed E-state index contributed by atoms with van der Waals surface area (Å²) >= 11 is 2.92. The summed E-state index contributed by atoms with van der Waals surface area (Å²) in [5, 5.41) is 9.03. The second-order valence-electron chi connectivity index (χ2n) is 2.27. The molecule has 12 heavy (non-hydrogen) atoms. The van der Waals surface area contributed by atoms with Crippen LogP contribution < -0.4 is 0 Å². The molecule has 1 aromatic heterocycles. The largest absolute Gasteiger partial charge is 0.505 e. The smallest absolute Gasteiger partial charge is 0.265 e. The average molecular weight is 238 g/mol. The Balaban J connectivity index is 3.23. The van der Waals surface area contributed by atoms with Crippen molar-refractivity contribution in [3.8, 4) is 5.75 Å². The Hall–Kier alpha value is -0.710. The lowest BCUT2D eigenvalue weighted by Gasteiger charge is -2.05. The molecule has 0 unspecified atom stereocenters. The molecule has 0 radical (unpaired) electrons. The third kappa shape index (κ3) is 1.72. The number of aromatic hydroxyl groups is 1. The highest BCUT2D eigenvalue weighted by Crippen LogP contribution is 2.29. The van der Waals surface area contributed by atoms with Gasteiger partial charge >= 0.3 is 0 Å². The lowest BCUT2D eigenvalue weighted by atomic mass is 10.2. The summed E-state index contributed by atoms with van der Waals surface area (Å²) < 4.78 is 24.5. The average Bonchev–Trinajstić information content (AvgIpc) is 1.96. The molecule has 0 amide bonds. The molecular formula is C7H6BrF2NO. The van der Waals surface area contributed by atoms with Crippen molar-refractivity contribution in [2.75, 3.05) is 0 Å². The second-order valence-corrected chi connectivity index (χ2v) is 3.02. The molecule has 1 rings (SSSR count). The Labute approximate surface area is 76.4 Å². The van der Waals surface area contributed by atoms with Crippen LogP contribution in [0.5, 0.6) is 5.75 Å². The van der Waals surface area contributed by atoms with Crippen LogP contribution in [-0.4, -0.2) is 10.1 Å². The predicted molar refractivity (Wildman–Crippen MR) is 43.3 cm³/mol. The Morgan fingerprint density at radius 1 is 1.58 bits per heavy atom. The number of alkyl halides is 2. The molecule has 0 saturated heterocycles. The number of halogens is 3. The van der Waals surface area contributed by atoms with Crippen molar-refractivity contribution in [1.29, 1.82) is 0 Å². The van der Waals surface area contributed by atoms with E-state index in [0.717, 1.165) is 6.07 Å². The maximum absolute atomic E-state index is 12.2. The van der Waals surface area contributed by atoms with Gasteiger partial charge in [0.1, 0.15) is 10.4 Å². The highest BCUT2D eigenvalue weighted by Gasteiger charge is 2.14. The van der Waals surface area contributed by atoms with E-state index >= 15 is 0 Å². The van der Waals surface area contributed by atoms with Gasteiger partial charge in [-0.2, -0.15) is 0 Å². The van der Waals surface area contributed by atoms with Crippen molar-refractivity contribution >= 4 is 15.9 Å². The molecule has 0 bridgehead atoms. The molecular weight excluding hydrogens is 232 g/mol. The molecule has 5 heteroatoms. The molecule has 2 nitrogen and oxygen atoms in total. The number of hydrogen-bond donors (Lipinski definition) is 1. The summed E-state index contributed by atoms with van der Waals surface area (Å²) in [4.78, 5) is 3.68. The summed E-state index contributed by atoms with van der Waals surface area (Å²) in [6.45, 7) is 1.46. The lowest BCUT2D eigenvalue weighted by Crippen LogP contribution is -1.93. The van der Waals surface area contributed by atoms with Crippen LogP contribution in [0.1, 0.15) is 17.7 Å². The Bertz CT molecular complexity index is 304. The Morgan fingerprint density at radius 3 is 2.67 bits per heavy atom. The van der Waals surface area contributed by atoms with Gasteiger partial charge in [-0.1, -0.05) is 0 Å². The molecule has 0 aromatic carbocycles. The molecule has 0 aliphatic heterocycles. The third-order valence-electron chi connectivity index (χ3n) is 1.42. The van der Waals surface area contributed by atoms with Gasteiger partial charge in [0.15, 0.2) is 0 Å². The van der Waals surface area contributed by atoms with Crippen molar-refractivity contribution < 1.29 is 13.9 Å². The fourth-order valence-electron chi connectivity index (χ4n) is 0.801. The van der Waals surface area contributed by atoms with Gasteiger partial charge in [0.25, 0.3) is 6.43 Å². The van der Waals surface area contributed by atoms with Crippen molar-refractivity contribution in [2.24, 2.45) is 0 Å². The van der Waals surface area contributed by atoms with E-state index in [1.807, 2.05) is 0 Å². The van der Waals surface area contributed by atoms with Crippen molar-refractivity contribution in [1.82, 2.24) is 4.98 Å². The first kappa shape index (κ1) is 9.38. The molecule has 0 saturated carbocycles. The first-order valence-electron chi connectivity index (χ1n) is 3.16. The second kappa shape index (κ2) is 3.35. The van der Waals surface area contributed by atoms with E-state index in [4.69, 9.17) is 5.11 Å². The summed E-state index contributed by atoms with van der Waals surface area (Å²) in [7, 11) is 0. The van der Waals surface area contributed by atoms with Crippen LogP contribution in [0.15, 0.2) is 10.7 Å². The van der Waals surface area contributed by atoms with Crippen LogP contribution in [0.2, 0.25) is 0 Å². The van der Waals surface area contributed by atoms with E-state index in [-0.39, 0.29) is 21.6 Å². The minimum atomic E-state index is -2.60. The summed E-state index contributed by atoms with van der Waals surface area (Å²) in [5.74, 6) is -0.268. The van der Waals surface area contributed by atoms with Crippen LogP contribution in [0.4, 0.5) is 8.78 Å². The Kier molecular flexibility index (Phi) is 2.62. The van der Waals surface area contributed by atoms with Gasteiger partial charge < -0.3 is 5.11 Å². The zero-order valence-electron chi connectivity index (χ0n) is 6.18. The van der Waals surface area contributed by atoms with Crippen LogP contribution in [-0.2, 0) is 0 Å². The molecule has 0 aliphatic rings. The first-order valence-corrected chi connectivity index (χ1v) is 3.96. The van der Waals surface area contributed by atoms with Crippen molar-refractivity contribution in [3.05, 3.63) is 21.9 Å². The predicted octanol–water partition coefficient (Wildman–Crippen LogP) is 2.80. The van der Waals surface area contributed by atoms with Gasteiger partial charge in [-0.15, -0.1) is 0 Å². The monoisotopic (exact) mass is 237 g/mol. The molecule has 0 aliphatic carbocycles. The Morgan fingerprint density at radius 2 is 2.17 bits per heavy atom. The number of aromatic nitrogens is 1. The van der Waals surface area contributed by atoms with Gasteiger partial charge in [-0.25, -0.2) is 13.8 Å². The number of pyridine rings is 1. The van der Waals surface area contributed by atoms with Crippen molar-refractivity contribution in [2.45, 2.75) is 13.3 Å². The summed E-state index contributed by atoms with van der Waals surface area (Å²) in [5.41, 5.74) is -0.0228. The highest BCUT2D eigenvalue weighted by molar-refractivity contribution is 9.10. The number of hydrogen-bond acceptors (Lipinski definition) is 2. The normalized spacial score (nSPS) is 10.8. The zero-order valence-corrected chi connectivity index (χ0v) is 7.77. The van der Waals surface area contributed by atoms with Crippen LogP contribution in [0.25, 0.3) is 0 Å². The van der Waals surface area contributed by atoms with E-state index in [9.17, 15) is 8.78 Å².